The molecule has 31 heavy (non-hydrogen) atoms. The molecule has 1 aromatic carbocycles. The fourth-order valence-corrected chi connectivity index (χ4v) is 3.97. The van der Waals surface area contributed by atoms with Crippen LogP contribution in [0.1, 0.15) is 35.2 Å². The van der Waals surface area contributed by atoms with Crippen molar-refractivity contribution in [1.29, 1.82) is 0 Å². The fourth-order valence-electron chi connectivity index (χ4n) is 3.78. The van der Waals surface area contributed by atoms with Crippen molar-refractivity contribution < 1.29 is 22.7 Å². The summed E-state index contributed by atoms with van der Waals surface area (Å²) < 4.78 is 44.6. The van der Waals surface area contributed by atoms with Crippen molar-refractivity contribution in [3.8, 4) is 0 Å². The molecule has 1 aliphatic heterocycles. The van der Waals surface area contributed by atoms with Gasteiger partial charge in [-0.3, -0.25) is 4.79 Å². The van der Waals surface area contributed by atoms with Crippen LogP contribution >= 0.6 is 11.6 Å². The molecule has 1 fully saturated rings. The lowest BCUT2D eigenvalue weighted by molar-refractivity contribution is -0.145. The van der Waals surface area contributed by atoms with E-state index in [1.54, 1.807) is 4.90 Å². The molecule has 11 heteroatoms. The van der Waals surface area contributed by atoms with E-state index < -0.39 is 17.3 Å². The van der Waals surface area contributed by atoms with Gasteiger partial charge in [0.25, 0.3) is 5.91 Å². The quantitative estimate of drug-likeness (QED) is 0.530. The summed E-state index contributed by atoms with van der Waals surface area (Å²) in [6.45, 7) is 0.793. The molecule has 1 amide bonds. The van der Waals surface area contributed by atoms with Crippen LogP contribution in [-0.2, 0) is 35.2 Å². The molecule has 0 unspecified atom stereocenters. The minimum Gasteiger partial charge on any atom is -0.399 e. The van der Waals surface area contributed by atoms with Crippen LogP contribution in [-0.4, -0.2) is 40.0 Å². The highest BCUT2D eigenvalue weighted by atomic mass is 35.5. The third-order valence-electron chi connectivity index (χ3n) is 5.61. The predicted octanol–water partition coefficient (Wildman–Crippen LogP) is 3.41. The Morgan fingerprint density at radius 3 is 2.71 bits per heavy atom. The van der Waals surface area contributed by atoms with E-state index in [1.807, 2.05) is 0 Å². The molecule has 1 saturated carbocycles. The summed E-state index contributed by atoms with van der Waals surface area (Å²) in [5.74, 6) is 0.304. The van der Waals surface area contributed by atoms with Crippen LogP contribution in [0.2, 0.25) is 5.28 Å². The molecule has 1 aliphatic carbocycles. The van der Waals surface area contributed by atoms with E-state index in [4.69, 9.17) is 22.1 Å². The van der Waals surface area contributed by atoms with Gasteiger partial charge < -0.3 is 20.7 Å². The third-order valence-corrected chi connectivity index (χ3v) is 5.78. The van der Waals surface area contributed by atoms with E-state index in [9.17, 15) is 18.0 Å². The lowest BCUT2D eigenvalue weighted by Crippen LogP contribution is -2.44. The largest absolute Gasteiger partial charge is 0.416 e. The van der Waals surface area contributed by atoms with E-state index in [-0.39, 0.29) is 30.0 Å². The van der Waals surface area contributed by atoms with Gasteiger partial charge in [-0.05, 0) is 48.2 Å². The maximum Gasteiger partial charge on any atom is 0.416 e. The van der Waals surface area contributed by atoms with Crippen molar-refractivity contribution in [2.45, 2.75) is 44.1 Å². The maximum atomic E-state index is 13.1. The number of aromatic nitrogens is 2. The molecular weight excluding hydrogens is 435 g/mol. The van der Waals surface area contributed by atoms with Crippen LogP contribution in [0.5, 0.6) is 0 Å². The number of amides is 1. The first-order valence-electron chi connectivity index (χ1n) is 9.71. The Kier molecular flexibility index (Phi) is 5.47. The molecule has 2 aliphatic rings. The van der Waals surface area contributed by atoms with Gasteiger partial charge >= 0.3 is 6.18 Å². The minimum atomic E-state index is -4.50. The average Bonchev–Trinajstić information content (AvgIpc) is 3.51. The molecule has 0 bridgehead atoms. The first-order valence-corrected chi connectivity index (χ1v) is 10.1. The van der Waals surface area contributed by atoms with Crippen LogP contribution in [0.4, 0.5) is 24.7 Å². The van der Waals surface area contributed by atoms with Crippen LogP contribution in [0, 0.1) is 0 Å². The minimum absolute atomic E-state index is 0.0143. The van der Waals surface area contributed by atoms with Gasteiger partial charge in [-0.15, -0.1) is 0 Å². The molecule has 3 N–H and O–H groups in total. The van der Waals surface area contributed by atoms with E-state index in [0.717, 1.165) is 12.1 Å². The second kappa shape index (κ2) is 7.83. The highest BCUT2D eigenvalue weighted by Gasteiger charge is 2.52. The summed E-state index contributed by atoms with van der Waals surface area (Å²) >= 11 is 6.05. The van der Waals surface area contributed by atoms with Gasteiger partial charge in [-0.1, -0.05) is 0 Å². The predicted molar refractivity (Wildman–Crippen MR) is 108 cm³/mol. The number of methoxy groups -OCH3 is 1. The number of carbonyl (C=O) groups excluding carboxylic acids is 1. The zero-order valence-corrected chi connectivity index (χ0v) is 17.5. The van der Waals surface area contributed by atoms with Crippen LogP contribution in [0.3, 0.4) is 0 Å². The van der Waals surface area contributed by atoms with Gasteiger partial charge in [0.2, 0.25) is 5.28 Å². The normalized spacial score (nSPS) is 17.3. The summed E-state index contributed by atoms with van der Waals surface area (Å²) in [4.78, 5) is 23.0. The zero-order valence-electron chi connectivity index (χ0n) is 16.7. The number of alkyl halides is 3. The summed E-state index contributed by atoms with van der Waals surface area (Å²) in [6.07, 6.45) is -2.63. The highest BCUT2D eigenvalue weighted by Crippen LogP contribution is 2.41. The monoisotopic (exact) mass is 455 g/mol. The van der Waals surface area contributed by atoms with Gasteiger partial charge in [-0.25, -0.2) is 9.97 Å². The Labute approximate surface area is 181 Å². The van der Waals surface area contributed by atoms with Crippen molar-refractivity contribution in [1.82, 2.24) is 14.9 Å². The Hall–Kier alpha value is -2.59. The number of hydrogen-bond acceptors (Lipinski definition) is 6. The number of anilines is 2. The Bertz CT molecular complexity index is 1030. The van der Waals surface area contributed by atoms with Crippen molar-refractivity contribution in [2.75, 3.05) is 24.7 Å². The number of halogens is 4. The Morgan fingerprint density at radius 1 is 1.32 bits per heavy atom. The number of benzene rings is 1. The van der Waals surface area contributed by atoms with E-state index in [0.29, 0.717) is 48.4 Å². The van der Waals surface area contributed by atoms with Crippen LogP contribution in [0.15, 0.2) is 18.2 Å². The molecule has 0 saturated heterocycles. The first kappa shape index (κ1) is 21.6. The molecule has 7 nitrogen and oxygen atoms in total. The Morgan fingerprint density at radius 2 is 2.06 bits per heavy atom. The van der Waals surface area contributed by atoms with Crippen molar-refractivity contribution >= 4 is 29.0 Å². The van der Waals surface area contributed by atoms with Gasteiger partial charge in [0.15, 0.2) is 0 Å². The summed E-state index contributed by atoms with van der Waals surface area (Å²) in [7, 11) is 1.53. The smallest absolute Gasteiger partial charge is 0.399 e. The van der Waals surface area contributed by atoms with Crippen molar-refractivity contribution in [2.24, 2.45) is 0 Å². The number of nitrogens with two attached hydrogens (primary N) is 1. The van der Waals surface area contributed by atoms with E-state index in [1.165, 1.54) is 13.2 Å². The molecule has 0 atom stereocenters. The third kappa shape index (κ3) is 4.40. The number of nitrogen functional groups attached to an aromatic ring is 1. The van der Waals surface area contributed by atoms with Crippen molar-refractivity contribution in [3.05, 3.63) is 45.9 Å². The summed E-state index contributed by atoms with van der Waals surface area (Å²) in [5.41, 5.74) is 5.83. The number of nitrogens with one attached hydrogen (secondary N) is 1. The van der Waals surface area contributed by atoms with Crippen LogP contribution < -0.4 is 11.1 Å². The highest BCUT2D eigenvalue weighted by molar-refractivity contribution is 6.28. The zero-order chi connectivity index (χ0) is 22.4. The number of nitrogens with zero attached hydrogens (tertiary/aromatic N) is 3. The Balaban J connectivity index is 1.56. The molecule has 0 spiro atoms. The summed E-state index contributed by atoms with van der Waals surface area (Å²) in [5, 5.41) is 3.06. The van der Waals surface area contributed by atoms with Gasteiger partial charge in [-0.2, -0.15) is 13.2 Å². The second-order valence-electron chi connectivity index (χ2n) is 7.76. The van der Waals surface area contributed by atoms with Crippen LogP contribution in [0.25, 0.3) is 0 Å². The fraction of sp³-hybridized carbons (Fsp3) is 0.450. The number of carbonyl (C=O) groups is 1. The number of fused-ring (bicyclic) bond motifs is 1. The molecule has 2 aromatic rings. The molecule has 4 rings (SSSR count). The number of rotatable bonds is 5. The first-order chi connectivity index (χ1) is 14.6. The summed E-state index contributed by atoms with van der Waals surface area (Å²) in [6, 6.07) is 3.38. The SMILES string of the molecule is COC1(C(=O)N2CCc3nc(Cl)nc(NCc4cc(N)cc(C(F)(F)F)c4)c3C2)CC1. The number of hydrogen-bond donors (Lipinski definition) is 2. The van der Waals surface area contributed by atoms with E-state index in [2.05, 4.69) is 15.3 Å². The van der Waals surface area contributed by atoms with Gasteiger partial charge in [0.1, 0.15) is 11.4 Å². The lowest BCUT2D eigenvalue weighted by Gasteiger charge is -2.32. The molecule has 166 valence electrons. The van der Waals surface area contributed by atoms with E-state index >= 15 is 0 Å². The van der Waals surface area contributed by atoms with Crippen molar-refractivity contribution in [3.63, 3.8) is 0 Å². The molecular formula is C20H21ClF3N5O2. The van der Waals surface area contributed by atoms with Gasteiger partial charge in [0, 0.05) is 37.9 Å². The van der Waals surface area contributed by atoms with Gasteiger partial charge in [0.05, 0.1) is 17.8 Å². The maximum absolute atomic E-state index is 13.1. The standard InChI is InChI=1S/C20H21ClF3N5O2/c1-31-19(3-4-19)17(30)29-5-2-15-14(10-29)16(28-18(21)27-15)26-9-11-6-12(20(22,23)24)8-13(25)7-11/h6-8H,2-5,9-10,25H2,1H3,(H,26,27,28). The lowest BCUT2D eigenvalue weighted by atomic mass is 10.0. The topological polar surface area (TPSA) is 93.4 Å². The molecule has 2 heterocycles. The average molecular weight is 456 g/mol. The molecule has 0 radical (unpaired) electrons. The molecule has 1 aromatic heterocycles. The second-order valence-corrected chi connectivity index (χ2v) is 8.09. The number of ether oxygens (including phenoxy) is 1.